The van der Waals surface area contributed by atoms with Crippen LogP contribution >= 0.6 is 24.8 Å². The Hall–Kier alpha value is -0.970. The largest absolute Gasteiger partial charge is 0.373 e. The van der Waals surface area contributed by atoms with Gasteiger partial charge in [0.2, 0.25) is 5.91 Å². The average molecular weight is 360 g/mol. The monoisotopic (exact) mass is 359 g/mol. The van der Waals surface area contributed by atoms with Crippen LogP contribution in [0, 0.1) is 5.92 Å². The van der Waals surface area contributed by atoms with E-state index in [4.69, 9.17) is 5.73 Å². The second kappa shape index (κ2) is 8.76. The zero-order valence-corrected chi connectivity index (χ0v) is 15.2. The van der Waals surface area contributed by atoms with Crippen LogP contribution < -0.4 is 15.5 Å². The first-order valence-electron chi connectivity index (χ1n) is 8.04. The Labute approximate surface area is 151 Å². The van der Waals surface area contributed by atoms with Crippen molar-refractivity contribution in [3.8, 4) is 0 Å². The molecule has 4 nitrogen and oxygen atoms in total. The number of hydrogen-bond donors (Lipinski definition) is 1. The van der Waals surface area contributed by atoms with E-state index in [0.717, 1.165) is 56.6 Å². The summed E-state index contributed by atoms with van der Waals surface area (Å²) in [7, 11) is 2.10. The van der Waals surface area contributed by atoms with Gasteiger partial charge >= 0.3 is 0 Å². The third kappa shape index (κ3) is 4.31. The predicted molar refractivity (Wildman–Crippen MR) is 101 cm³/mol. The van der Waals surface area contributed by atoms with Gasteiger partial charge in [0.05, 0.1) is 11.4 Å². The van der Waals surface area contributed by atoms with Gasteiger partial charge in [-0.1, -0.05) is 18.6 Å². The molecular weight excluding hydrogens is 333 g/mol. The molecule has 0 saturated heterocycles. The van der Waals surface area contributed by atoms with Crippen LogP contribution in [0.15, 0.2) is 24.3 Å². The summed E-state index contributed by atoms with van der Waals surface area (Å²) in [6.45, 7) is 1.80. The maximum absolute atomic E-state index is 13.0. The van der Waals surface area contributed by atoms with Gasteiger partial charge in [-0.25, -0.2) is 0 Å². The number of carbonyl (C=O) groups excluding carboxylic acids is 1. The van der Waals surface area contributed by atoms with Crippen molar-refractivity contribution in [2.75, 3.05) is 29.9 Å². The highest BCUT2D eigenvalue weighted by Gasteiger charge is 2.31. The number of benzene rings is 1. The normalized spacial score (nSPS) is 23.9. The molecule has 1 aliphatic carbocycles. The molecule has 6 heteroatoms. The minimum Gasteiger partial charge on any atom is -0.373 e. The predicted octanol–water partition coefficient (Wildman–Crippen LogP) is 3.22. The minimum absolute atomic E-state index is 0. The molecule has 1 aromatic carbocycles. The molecule has 1 saturated carbocycles. The molecule has 0 radical (unpaired) electrons. The van der Waals surface area contributed by atoms with E-state index < -0.39 is 0 Å². The number of amides is 1. The van der Waals surface area contributed by atoms with Crippen molar-refractivity contribution >= 4 is 42.1 Å². The topological polar surface area (TPSA) is 49.6 Å². The van der Waals surface area contributed by atoms with Gasteiger partial charge in [0, 0.05) is 32.1 Å². The number of nitrogens with two attached hydrogens (primary N) is 1. The smallest absolute Gasteiger partial charge is 0.230 e. The molecule has 0 spiro atoms. The fraction of sp³-hybridized carbons (Fsp3) is 0.588. The Morgan fingerprint density at radius 1 is 1.09 bits per heavy atom. The molecule has 0 bridgehead atoms. The van der Waals surface area contributed by atoms with Gasteiger partial charge < -0.3 is 15.5 Å². The Balaban J connectivity index is 0.00000132. The molecule has 2 aliphatic rings. The lowest BCUT2D eigenvalue weighted by Crippen LogP contribution is -2.41. The van der Waals surface area contributed by atoms with E-state index in [-0.39, 0.29) is 42.7 Å². The highest BCUT2D eigenvalue weighted by atomic mass is 35.5. The molecule has 2 unspecified atom stereocenters. The molecule has 2 atom stereocenters. The molecule has 1 amide bonds. The first-order valence-corrected chi connectivity index (χ1v) is 8.04. The Kier molecular flexibility index (Phi) is 7.65. The van der Waals surface area contributed by atoms with E-state index in [0.29, 0.717) is 0 Å². The number of anilines is 2. The summed E-state index contributed by atoms with van der Waals surface area (Å²) in [5, 5.41) is 0. The van der Waals surface area contributed by atoms with Gasteiger partial charge in [-0.15, -0.1) is 24.8 Å². The lowest BCUT2D eigenvalue weighted by Gasteiger charge is -2.31. The minimum atomic E-state index is 0. The van der Waals surface area contributed by atoms with Gasteiger partial charge in [0.15, 0.2) is 0 Å². The van der Waals surface area contributed by atoms with Crippen LogP contribution in [0.3, 0.4) is 0 Å². The van der Waals surface area contributed by atoms with Gasteiger partial charge in [0.1, 0.15) is 0 Å². The zero-order valence-electron chi connectivity index (χ0n) is 13.6. The summed E-state index contributed by atoms with van der Waals surface area (Å²) in [6.07, 6.45) is 4.97. The summed E-state index contributed by atoms with van der Waals surface area (Å²) in [4.78, 5) is 17.2. The number of nitrogens with zero attached hydrogens (tertiary/aromatic N) is 2. The number of fused-ring (bicyclic) bond motifs is 1. The maximum atomic E-state index is 13.0. The Bertz CT molecular complexity index is 526. The van der Waals surface area contributed by atoms with Crippen molar-refractivity contribution < 1.29 is 4.79 Å². The number of para-hydroxylation sites is 2. The second-order valence-electron chi connectivity index (χ2n) is 6.38. The second-order valence-corrected chi connectivity index (χ2v) is 6.38. The average Bonchev–Trinajstić information content (AvgIpc) is 2.66. The van der Waals surface area contributed by atoms with Crippen molar-refractivity contribution in [3.05, 3.63) is 24.3 Å². The maximum Gasteiger partial charge on any atom is 0.230 e. The fourth-order valence-electron chi connectivity index (χ4n) is 3.62. The Morgan fingerprint density at radius 3 is 2.48 bits per heavy atom. The van der Waals surface area contributed by atoms with Gasteiger partial charge in [0.25, 0.3) is 0 Å². The van der Waals surface area contributed by atoms with Crippen molar-refractivity contribution in [1.82, 2.24) is 0 Å². The lowest BCUT2D eigenvalue weighted by atomic mass is 9.85. The van der Waals surface area contributed by atoms with Gasteiger partial charge in [-0.05, 0) is 37.8 Å². The van der Waals surface area contributed by atoms with E-state index in [9.17, 15) is 4.79 Å². The molecule has 2 N–H and O–H groups in total. The van der Waals surface area contributed by atoms with E-state index in [2.05, 4.69) is 24.1 Å². The first kappa shape index (κ1) is 20.1. The highest BCUT2D eigenvalue weighted by Crippen LogP contribution is 2.34. The van der Waals surface area contributed by atoms with Crippen LogP contribution in [0.2, 0.25) is 0 Å². The van der Waals surface area contributed by atoms with Crippen LogP contribution in [-0.2, 0) is 4.79 Å². The summed E-state index contributed by atoms with van der Waals surface area (Å²) in [5.74, 6) is 0.373. The summed E-state index contributed by atoms with van der Waals surface area (Å²) in [6, 6.07) is 8.42. The number of carbonyl (C=O) groups is 1. The molecule has 130 valence electrons. The SMILES string of the molecule is CN1CCCN(C(=O)C2CCCC(N)C2)c2ccccc21.Cl.Cl. The summed E-state index contributed by atoms with van der Waals surface area (Å²) < 4.78 is 0. The van der Waals surface area contributed by atoms with Crippen molar-refractivity contribution in [3.63, 3.8) is 0 Å². The van der Waals surface area contributed by atoms with E-state index in [1.807, 2.05) is 17.0 Å². The fourth-order valence-corrected chi connectivity index (χ4v) is 3.62. The molecule has 1 aliphatic heterocycles. The molecule has 0 aromatic heterocycles. The van der Waals surface area contributed by atoms with Crippen LogP contribution in [0.1, 0.15) is 32.1 Å². The summed E-state index contributed by atoms with van der Waals surface area (Å²) in [5.41, 5.74) is 8.27. The third-order valence-electron chi connectivity index (χ3n) is 4.79. The lowest BCUT2D eigenvalue weighted by molar-refractivity contribution is -0.123. The molecule has 1 aromatic rings. The zero-order chi connectivity index (χ0) is 14.8. The van der Waals surface area contributed by atoms with Crippen LogP contribution in [0.25, 0.3) is 0 Å². The quantitative estimate of drug-likeness (QED) is 0.837. The summed E-state index contributed by atoms with van der Waals surface area (Å²) >= 11 is 0. The van der Waals surface area contributed by atoms with E-state index in [1.54, 1.807) is 0 Å². The van der Waals surface area contributed by atoms with Crippen LogP contribution in [0.4, 0.5) is 11.4 Å². The number of halogens is 2. The number of hydrogen-bond acceptors (Lipinski definition) is 3. The van der Waals surface area contributed by atoms with E-state index >= 15 is 0 Å². The number of rotatable bonds is 1. The van der Waals surface area contributed by atoms with Crippen molar-refractivity contribution in [2.45, 2.75) is 38.1 Å². The van der Waals surface area contributed by atoms with Crippen LogP contribution in [-0.4, -0.2) is 32.1 Å². The molecule has 1 fully saturated rings. The molecule has 23 heavy (non-hydrogen) atoms. The standard InChI is InChI=1S/C17H25N3O.2ClH/c1-19-10-5-11-20(16-9-3-2-8-15(16)19)17(21)13-6-4-7-14(18)12-13;;/h2-3,8-9,13-14H,4-7,10-12,18H2,1H3;2*1H. The van der Waals surface area contributed by atoms with Gasteiger partial charge in [-0.3, -0.25) is 4.79 Å². The Morgan fingerprint density at radius 2 is 1.78 bits per heavy atom. The van der Waals surface area contributed by atoms with Crippen molar-refractivity contribution in [1.29, 1.82) is 0 Å². The van der Waals surface area contributed by atoms with Crippen molar-refractivity contribution in [2.24, 2.45) is 11.7 Å². The highest BCUT2D eigenvalue weighted by molar-refractivity contribution is 5.98. The van der Waals surface area contributed by atoms with E-state index in [1.165, 1.54) is 0 Å². The molecular formula is C17H27Cl2N3O. The molecule has 1 heterocycles. The van der Waals surface area contributed by atoms with Gasteiger partial charge in [-0.2, -0.15) is 0 Å². The third-order valence-corrected chi connectivity index (χ3v) is 4.79. The van der Waals surface area contributed by atoms with Crippen LogP contribution in [0.5, 0.6) is 0 Å². The molecule has 3 rings (SSSR count). The first-order chi connectivity index (χ1) is 10.2.